The van der Waals surface area contributed by atoms with Gasteiger partial charge < -0.3 is 4.42 Å². The maximum atomic E-state index is 13.0. The van der Waals surface area contributed by atoms with Crippen molar-refractivity contribution in [3.8, 4) is 0 Å². The van der Waals surface area contributed by atoms with E-state index >= 15 is 0 Å². The van der Waals surface area contributed by atoms with Gasteiger partial charge in [-0.3, -0.25) is 4.79 Å². The second-order valence-corrected chi connectivity index (χ2v) is 7.18. The molecule has 9 heteroatoms. The Balaban J connectivity index is 1.82. The number of amides is 1. The van der Waals surface area contributed by atoms with E-state index in [4.69, 9.17) is 4.42 Å². The predicted octanol–water partition coefficient (Wildman–Crippen LogP) is 2.02. The van der Waals surface area contributed by atoms with Crippen LogP contribution in [0.25, 0.3) is 0 Å². The summed E-state index contributed by atoms with van der Waals surface area (Å²) in [6.45, 7) is -0.482. The van der Waals surface area contributed by atoms with Crippen molar-refractivity contribution in [2.75, 3.05) is 10.8 Å². The molecule has 0 unspecified atom stereocenters. The molecule has 138 valence electrons. The van der Waals surface area contributed by atoms with Crippen LogP contribution < -0.4 is 9.73 Å². The molecule has 0 aliphatic rings. The Morgan fingerprint density at radius 3 is 2.56 bits per heavy atom. The lowest BCUT2D eigenvalue weighted by molar-refractivity contribution is -0.119. The summed E-state index contributed by atoms with van der Waals surface area (Å²) in [4.78, 5) is 16.4. The molecule has 27 heavy (non-hydrogen) atoms. The smallest absolute Gasteiger partial charge is 0.265 e. The molecule has 0 fully saturated rings. The van der Waals surface area contributed by atoms with Crippen molar-refractivity contribution < 1.29 is 17.6 Å². The van der Waals surface area contributed by atoms with Gasteiger partial charge in [-0.2, -0.15) is 5.10 Å². The first-order valence-electron chi connectivity index (χ1n) is 7.91. The number of aromatic nitrogens is 1. The van der Waals surface area contributed by atoms with Crippen molar-refractivity contribution in [1.82, 2.24) is 10.4 Å². The van der Waals surface area contributed by atoms with Crippen LogP contribution in [0.2, 0.25) is 0 Å². The number of carbonyl (C=O) groups excluding carboxylic acids is 1. The highest BCUT2D eigenvalue weighted by atomic mass is 32.2. The van der Waals surface area contributed by atoms with E-state index in [9.17, 15) is 13.2 Å². The third-order valence-corrected chi connectivity index (χ3v) is 5.21. The second kappa shape index (κ2) is 8.28. The number of hydrogen-bond donors (Lipinski definition) is 1. The van der Waals surface area contributed by atoms with E-state index in [0.717, 1.165) is 4.31 Å². The standard InChI is InChI=1S/C18H16N4O4S/c23-18(21-20-13-15-7-6-12-26-15)14-22(17-10-4-5-11-19-17)27(24,25)16-8-2-1-3-9-16/h1-13H,14H2,(H,21,23)/b20-13-. The van der Waals surface area contributed by atoms with E-state index in [1.54, 1.807) is 42.5 Å². The zero-order valence-electron chi connectivity index (χ0n) is 14.1. The van der Waals surface area contributed by atoms with Gasteiger partial charge in [0.05, 0.1) is 17.4 Å². The van der Waals surface area contributed by atoms with Gasteiger partial charge in [0, 0.05) is 6.20 Å². The van der Waals surface area contributed by atoms with Gasteiger partial charge in [0.15, 0.2) is 0 Å². The van der Waals surface area contributed by atoms with Gasteiger partial charge in [-0.1, -0.05) is 24.3 Å². The van der Waals surface area contributed by atoms with E-state index in [1.807, 2.05) is 0 Å². The van der Waals surface area contributed by atoms with Gasteiger partial charge in [-0.25, -0.2) is 23.1 Å². The zero-order valence-corrected chi connectivity index (χ0v) is 14.9. The second-order valence-electron chi connectivity index (χ2n) is 5.32. The lowest BCUT2D eigenvalue weighted by Gasteiger charge is -2.22. The van der Waals surface area contributed by atoms with E-state index in [1.165, 1.54) is 36.9 Å². The number of anilines is 1. The molecule has 2 heterocycles. The molecule has 3 rings (SSSR count). The molecule has 0 atom stereocenters. The molecule has 1 N–H and O–H groups in total. The number of pyridine rings is 1. The Hall–Kier alpha value is -3.46. The average molecular weight is 384 g/mol. The summed E-state index contributed by atoms with van der Waals surface area (Å²) < 4.78 is 32.0. The molecule has 0 saturated heterocycles. The van der Waals surface area contributed by atoms with Crippen molar-refractivity contribution in [1.29, 1.82) is 0 Å². The fourth-order valence-electron chi connectivity index (χ4n) is 2.21. The number of benzene rings is 1. The Bertz CT molecular complexity index is 1000. The summed E-state index contributed by atoms with van der Waals surface area (Å²) >= 11 is 0. The highest BCUT2D eigenvalue weighted by Crippen LogP contribution is 2.21. The molecule has 3 aromatic rings. The molecule has 2 aromatic heterocycles. The van der Waals surface area contributed by atoms with Crippen LogP contribution in [-0.4, -0.2) is 32.1 Å². The summed E-state index contributed by atoms with van der Waals surface area (Å²) in [6, 6.07) is 16.0. The monoisotopic (exact) mass is 384 g/mol. The lowest BCUT2D eigenvalue weighted by Crippen LogP contribution is -2.40. The third-order valence-electron chi connectivity index (χ3n) is 3.45. The summed E-state index contributed by atoms with van der Waals surface area (Å²) in [7, 11) is -3.98. The van der Waals surface area contributed by atoms with E-state index < -0.39 is 22.5 Å². The third kappa shape index (κ3) is 4.59. The molecule has 0 saturated carbocycles. The first kappa shape index (κ1) is 18.3. The highest BCUT2D eigenvalue weighted by Gasteiger charge is 2.27. The summed E-state index contributed by atoms with van der Waals surface area (Å²) in [5, 5.41) is 3.76. The normalized spacial score (nSPS) is 11.4. The summed E-state index contributed by atoms with van der Waals surface area (Å²) in [6.07, 6.45) is 4.24. The van der Waals surface area contributed by atoms with Gasteiger partial charge in [0.2, 0.25) is 0 Å². The number of hydrazone groups is 1. The fraction of sp³-hybridized carbons (Fsp3) is 0.0556. The largest absolute Gasteiger partial charge is 0.463 e. The molecule has 0 aliphatic heterocycles. The Labute approximate surface area is 156 Å². The first-order valence-corrected chi connectivity index (χ1v) is 9.35. The van der Waals surface area contributed by atoms with E-state index in [0.29, 0.717) is 5.76 Å². The van der Waals surface area contributed by atoms with Crippen molar-refractivity contribution in [2.45, 2.75) is 4.90 Å². The van der Waals surface area contributed by atoms with Crippen LogP contribution in [0.5, 0.6) is 0 Å². The maximum absolute atomic E-state index is 13.0. The minimum absolute atomic E-state index is 0.0579. The molecule has 0 aliphatic carbocycles. The van der Waals surface area contributed by atoms with Crippen molar-refractivity contribution >= 4 is 28.0 Å². The quantitative estimate of drug-likeness (QED) is 0.496. The van der Waals surface area contributed by atoms with E-state index in [-0.39, 0.29) is 10.7 Å². The summed E-state index contributed by atoms with van der Waals surface area (Å²) in [5.74, 6) is -0.0386. The molecule has 1 amide bonds. The molecule has 0 spiro atoms. The molecule has 0 radical (unpaired) electrons. The number of hydrogen-bond acceptors (Lipinski definition) is 6. The number of nitrogens with one attached hydrogen (secondary N) is 1. The Kier molecular flexibility index (Phi) is 5.62. The molecule has 1 aromatic carbocycles. The molecule has 0 bridgehead atoms. The van der Waals surface area contributed by atoms with Gasteiger partial charge in [-0.15, -0.1) is 0 Å². The number of rotatable bonds is 7. The number of sulfonamides is 1. The van der Waals surface area contributed by atoms with Crippen molar-refractivity contribution in [3.05, 3.63) is 78.9 Å². The minimum atomic E-state index is -3.98. The molecular formula is C18H16N4O4S. The zero-order chi connectivity index (χ0) is 19.1. The van der Waals surface area contributed by atoms with Crippen LogP contribution in [0, 0.1) is 0 Å². The molecular weight excluding hydrogens is 368 g/mol. The van der Waals surface area contributed by atoms with Crippen LogP contribution in [0.1, 0.15) is 5.76 Å². The Morgan fingerprint density at radius 2 is 1.89 bits per heavy atom. The van der Waals surface area contributed by atoms with Crippen LogP contribution >= 0.6 is 0 Å². The Morgan fingerprint density at radius 1 is 1.11 bits per heavy atom. The predicted molar refractivity (Wildman–Crippen MR) is 99.7 cm³/mol. The van der Waals surface area contributed by atoms with Crippen LogP contribution in [0.15, 0.2) is 87.5 Å². The topological polar surface area (TPSA) is 105 Å². The SMILES string of the molecule is O=C(CN(c1ccccn1)S(=O)(=O)c1ccccc1)N/N=C\c1ccco1. The minimum Gasteiger partial charge on any atom is -0.463 e. The molecule has 8 nitrogen and oxygen atoms in total. The summed E-state index contributed by atoms with van der Waals surface area (Å²) in [5.41, 5.74) is 2.28. The van der Waals surface area contributed by atoms with Crippen LogP contribution in [-0.2, 0) is 14.8 Å². The van der Waals surface area contributed by atoms with Crippen LogP contribution in [0.3, 0.4) is 0 Å². The first-order chi connectivity index (χ1) is 13.1. The maximum Gasteiger partial charge on any atom is 0.265 e. The fourth-order valence-corrected chi connectivity index (χ4v) is 3.61. The van der Waals surface area contributed by atoms with Crippen LogP contribution in [0.4, 0.5) is 5.82 Å². The number of carbonyl (C=O) groups is 1. The lowest BCUT2D eigenvalue weighted by atomic mass is 10.4. The number of nitrogens with zero attached hydrogens (tertiary/aromatic N) is 3. The van der Waals surface area contributed by atoms with Gasteiger partial charge >= 0.3 is 0 Å². The van der Waals surface area contributed by atoms with Crippen molar-refractivity contribution in [2.24, 2.45) is 5.10 Å². The highest BCUT2D eigenvalue weighted by molar-refractivity contribution is 7.92. The van der Waals surface area contributed by atoms with Crippen molar-refractivity contribution in [3.63, 3.8) is 0 Å². The number of furan rings is 1. The average Bonchev–Trinajstić information content (AvgIpc) is 3.21. The van der Waals surface area contributed by atoms with E-state index in [2.05, 4.69) is 15.5 Å². The van der Waals surface area contributed by atoms with Gasteiger partial charge in [0.1, 0.15) is 18.1 Å². The van der Waals surface area contributed by atoms with Gasteiger partial charge in [0.25, 0.3) is 15.9 Å². The van der Waals surface area contributed by atoms with Gasteiger partial charge in [-0.05, 0) is 36.4 Å².